The summed E-state index contributed by atoms with van der Waals surface area (Å²) in [5.74, 6) is -0.109. The highest BCUT2D eigenvalue weighted by Crippen LogP contribution is 2.34. The number of fused-ring (bicyclic) bond motifs is 1. The molecule has 1 atom stereocenters. The Morgan fingerprint density at radius 3 is 2.47 bits per heavy atom. The number of benzene rings is 1. The number of alkyl halides is 3. The topological polar surface area (TPSA) is 136 Å². The predicted molar refractivity (Wildman–Crippen MR) is 176 cm³/mol. The molecule has 1 aromatic carbocycles. The van der Waals surface area contributed by atoms with Gasteiger partial charge in [-0.15, -0.1) is 5.10 Å². The summed E-state index contributed by atoms with van der Waals surface area (Å²) in [6.07, 6.45) is -3.28. The molecule has 1 saturated heterocycles. The number of nitrogens with one attached hydrogen (secondary N) is 1. The number of hydrogen-bond donors (Lipinski definition) is 1. The number of nitrogens with zero attached hydrogens (tertiary/aromatic N) is 7. The molecule has 17 heteroatoms. The predicted octanol–water partition coefficient (Wildman–Crippen LogP) is 5.28. The van der Waals surface area contributed by atoms with Gasteiger partial charge in [0.2, 0.25) is 17.6 Å². The molecule has 3 aromatic heterocycles. The summed E-state index contributed by atoms with van der Waals surface area (Å²) in [6, 6.07) is 5.54. The number of carbonyl (C=O) groups excluding carboxylic acids is 2. The molecule has 1 N–H and O–H groups in total. The van der Waals surface area contributed by atoms with E-state index in [0.29, 0.717) is 23.6 Å². The van der Waals surface area contributed by atoms with E-state index in [1.807, 2.05) is 18.7 Å². The zero-order valence-corrected chi connectivity index (χ0v) is 28.5. The number of halogens is 4. The molecule has 0 bridgehead atoms. The normalized spacial score (nSPS) is 15.4. The first-order chi connectivity index (χ1) is 23.0. The van der Waals surface area contributed by atoms with Crippen molar-refractivity contribution in [2.75, 3.05) is 37.0 Å². The number of anilines is 2. The lowest BCUT2D eigenvalue weighted by Gasteiger charge is -2.41. The van der Waals surface area contributed by atoms with Crippen LogP contribution in [-0.2, 0) is 28.7 Å². The number of pyridine rings is 1. The Kier molecular flexibility index (Phi) is 9.82. The molecule has 0 unspecified atom stereocenters. The van der Waals surface area contributed by atoms with Crippen LogP contribution < -0.4 is 20.5 Å². The first-order valence-corrected chi connectivity index (χ1v) is 15.8. The number of methoxy groups -OCH3 is 1. The summed E-state index contributed by atoms with van der Waals surface area (Å²) >= 11 is 6.11. The SMILES string of the molecule is CCc1c(N2CCN(C(=O)OC(C)(C)C)[C@H](C)C2)c(=O)n2nc(-c3ccnc(OC)c3)nc2n1CC(=O)Nc1ccc(C(F)(F)F)cc1Cl. The van der Waals surface area contributed by atoms with Crippen molar-refractivity contribution in [3.8, 4) is 17.3 Å². The van der Waals surface area contributed by atoms with E-state index in [1.165, 1.54) is 13.3 Å². The van der Waals surface area contributed by atoms with E-state index in [4.69, 9.17) is 21.1 Å². The Bertz CT molecular complexity index is 1960. The van der Waals surface area contributed by atoms with E-state index in [9.17, 15) is 27.6 Å². The summed E-state index contributed by atoms with van der Waals surface area (Å²) < 4.78 is 53.0. The lowest BCUT2D eigenvalue weighted by Crippen LogP contribution is -2.56. The second-order valence-corrected chi connectivity index (χ2v) is 12.9. The van der Waals surface area contributed by atoms with Gasteiger partial charge in [0.25, 0.3) is 5.56 Å². The monoisotopic (exact) mass is 704 g/mol. The van der Waals surface area contributed by atoms with Crippen LogP contribution in [0.4, 0.5) is 29.3 Å². The van der Waals surface area contributed by atoms with Crippen LogP contribution in [0.1, 0.15) is 45.9 Å². The summed E-state index contributed by atoms with van der Waals surface area (Å²) in [7, 11) is 1.46. The van der Waals surface area contributed by atoms with Crippen molar-refractivity contribution in [1.29, 1.82) is 0 Å². The van der Waals surface area contributed by atoms with E-state index in [1.54, 1.807) is 42.4 Å². The standard InChI is InChI=1S/C32H36ClF3N8O5/c1-7-23-26(41-12-13-42(18(2)16-41)30(47)49-31(3,4)5)28(46)44-29(39-27(40-44)19-10-11-37-25(14-19)48-6)43(23)17-24(45)38-22-9-8-20(15-21(22)33)32(34,35)36/h8-11,14-15,18H,7,12-13,16-17H2,1-6H3,(H,38,45)/t18-/m1/s1. The summed E-state index contributed by atoms with van der Waals surface area (Å²) in [5, 5.41) is 6.79. The maximum absolute atomic E-state index is 14.2. The van der Waals surface area contributed by atoms with Crippen molar-refractivity contribution in [3.05, 3.63) is 63.2 Å². The van der Waals surface area contributed by atoms with Gasteiger partial charge in [0.1, 0.15) is 17.8 Å². The van der Waals surface area contributed by atoms with Gasteiger partial charge in [-0.3, -0.25) is 9.59 Å². The Balaban J connectivity index is 1.57. The second kappa shape index (κ2) is 13.6. The Hall–Kier alpha value is -4.86. The summed E-state index contributed by atoms with van der Waals surface area (Å²) in [4.78, 5) is 52.8. The zero-order valence-electron chi connectivity index (χ0n) is 27.8. The molecule has 1 aliphatic rings. The molecule has 2 amide bonds. The maximum Gasteiger partial charge on any atom is 0.416 e. The van der Waals surface area contributed by atoms with E-state index in [-0.39, 0.29) is 60.2 Å². The van der Waals surface area contributed by atoms with Crippen LogP contribution in [0.5, 0.6) is 5.88 Å². The number of ether oxygens (including phenoxy) is 2. The third-order valence-corrected chi connectivity index (χ3v) is 8.12. The molecular weight excluding hydrogens is 669 g/mol. The molecule has 0 spiro atoms. The number of hydrogen-bond acceptors (Lipinski definition) is 9. The van der Waals surface area contributed by atoms with Crippen LogP contribution in [-0.4, -0.2) is 79.4 Å². The molecular formula is C32H36ClF3N8O5. The molecule has 1 fully saturated rings. The molecule has 0 aliphatic carbocycles. The van der Waals surface area contributed by atoms with Gasteiger partial charge in [-0.25, -0.2) is 9.78 Å². The lowest BCUT2D eigenvalue weighted by atomic mass is 10.1. The van der Waals surface area contributed by atoms with Gasteiger partial charge in [-0.05, 0) is 58.4 Å². The van der Waals surface area contributed by atoms with Gasteiger partial charge in [-0.1, -0.05) is 18.5 Å². The van der Waals surface area contributed by atoms with Gasteiger partial charge in [0.15, 0.2) is 5.82 Å². The average molecular weight is 705 g/mol. The minimum Gasteiger partial charge on any atom is -0.481 e. The third-order valence-electron chi connectivity index (χ3n) is 7.81. The zero-order chi connectivity index (χ0) is 35.8. The lowest BCUT2D eigenvalue weighted by molar-refractivity contribution is -0.137. The number of amides is 2. The Morgan fingerprint density at radius 1 is 1.12 bits per heavy atom. The van der Waals surface area contributed by atoms with Crippen LogP contribution in [0.25, 0.3) is 17.2 Å². The molecule has 13 nitrogen and oxygen atoms in total. The molecule has 0 saturated carbocycles. The number of rotatable bonds is 7. The highest BCUT2D eigenvalue weighted by atomic mass is 35.5. The fourth-order valence-corrected chi connectivity index (χ4v) is 5.82. The molecule has 5 rings (SSSR count). The first-order valence-electron chi connectivity index (χ1n) is 15.4. The molecule has 49 heavy (non-hydrogen) atoms. The average Bonchev–Trinajstić information content (AvgIpc) is 3.48. The highest BCUT2D eigenvalue weighted by molar-refractivity contribution is 6.33. The van der Waals surface area contributed by atoms with E-state index < -0.39 is 34.9 Å². The van der Waals surface area contributed by atoms with E-state index >= 15 is 0 Å². The van der Waals surface area contributed by atoms with Gasteiger partial charge in [0, 0.05) is 43.5 Å². The van der Waals surface area contributed by atoms with Crippen molar-refractivity contribution < 1.29 is 32.2 Å². The van der Waals surface area contributed by atoms with Gasteiger partial charge < -0.3 is 29.2 Å². The maximum atomic E-state index is 14.2. The smallest absolute Gasteiger partial charge is 0.416 e. The van der Waals surface area contributed by atoms with Gasteiger partial charge >= 0.3 is 12.3 Å². The number of aromatic nitrogens is 5. The third kappa shape index (κ3) is 7.58. The van der Waals surface area contributed by atoms with Crippen LogP contribution in [0.2, 0.25) is 5.02 Å². The molecule has 262 valence electrons. The van der Waals surface area contributed by atoms with Crippen molar-refractivity contribution in [3.63, 3.8) is 0 Å². The number of carbonyl (C=O) groups is 2. The van der Waals surface area contributed by atoms with Crippen LogP contribution in [0, 0.1) is 0 Å². The molecule has 1 aliphatic heterocycles. The Morgan fingerprint density at radius 2 is 1.86 bits per heavy atom. The van der Waals surface area contributed by atoms with Crippen molar-refractivity contribution in [2.45, 2.75) is 65.4 Å². The van der Waals surface area contributed by atoms with Crippen LogP contribution in [0.15, 0.2) is 41.3 Å². The molecule has 0 radical (unpaired) electrons. The fraction of sp³-hybridized carbons (Fsp3) is 0.438. The quantitative estimate of drug-likeness (QED) is 0.273. The molecule has 4 heterocycles. The van der Waals surface area contributed by atoms with E-state index in [0.717, 1.165) is 22.7 Å². The highest BCUT2D eigenvalue weighted by Gasteiger charge is 2.34. The van der Waals surface area contributed by atoms with E-state index in [2.05, 4.69) is 20.4 Å². The van der Waals surface area contributed by atoms with Crippen LogP contribution >= 0.6 is 11.6 Å². The largest absolute Gasteiger partial charge is 0.481 e. The summed E-state index contributed by atoms with van der Waals surface area (Å²) in [6.45, 7) is 9.47. The first kappa shape index (κ1) is 35.4. The Labute approximate surface area is 284 Å². The second-order valence-electron chi connectivity index (χ2n) is 12.5. The van der Waals surface area contributed by atoms with Crippen molar-refractivity contribution in [2.24, 2.45) is 0 Å². The van der Waals surface area contributed by atoms with Crippen molar-refractivity contribution >= 4 is 40.8 Å². The van der Waals surface area contributed by atoms with Crippen molar-refractivity contribution in [1.82, 2.24) is 29.0 Å². The summed E-state index contributed by atoms with van der Waals surface area (Å²) in [5.41, 5.74) is -0.899. The minimum absolute atomic E-state index is 0.0202. The fourth-order valence-electron chi connectivity index (χ4n) is 5.59. The van der Waals surface area contributed by atoms with Gasteiger partial charge in [-0.2, -0.15) is 22.7 Å². The minimum atomic E-state index is -4.61. The number of piperazine rings is 1. The molecule has 4 aromatic rings. The van der Waals surface area contributed by atoms with Crippen LogP contribution in [0.3, 0.4) is 0 Å². The van der Waals surface area contributed by atoms with Gasteiger partial charge in [0.05, 0.1) is 29.1 Å².